The van der Waals surface area contributed by atoms with Crippen molar-refractivity contribution in [3.8, 4) is 0 Å². The van der Waals surface area contributed by atoms with Crippen LogP contribution in [0.4, 0.5) is 0 Å². The van der Waals surface area contributed by atoms with Crippen molar-refractivity contribution in [3.63, 3.8) is 0 Å². The predicted octanol–water partition coefficient (Wildman–Crippen LogP) is 2.42. The molecule has 1 aliphatic rings. The minimum Gasteiger partial charge on any atom is -0.355 e. The van der Waals surface area contributed by atoms with Gasteiger partial charge in [-0.25, -0.2) is 0 Å². The van der Waals surface area contributed by atoms with Gasteiger partial charge in [0.2, 0.25) is 5.91 Å². The van der Waals surface area contributed by atoms with Crippen molar-refractivity contribution in [2.45, 2.75) is 19.3 Å². The normalized spacial score (nSPS) is 13.0. The fourth-order valence-corrected chi connectivity index (χ4v) is 2.91. The lowest BCUT2D eigenvalue weighted by atomic mass is 10.1. The highest BCUT2D eigenvalue weighted by Crippen LogP contribution is 2.21. The number of fused-ring (bicyclic) bond motifs is 1. The molecule has 5 heteroatoms. The Morgan fingerprint density at radius 2 is 1.44 bits per heavy atom. The molecule has 3 amide bonds. The molecule has 25 heavy (non-hydrogen) atoms. The third-order valence-electron chi connectivity index (χ3n) is 4.24. The van der Waals surface area contributed by atoms with Gasteiger partial charge in [0.25, 0.3) is 11.8 Å². The summed E-state index contributed by atoms with van der Waals surface area (Å²) in [5.74, 6) is -1.12. The van der Waals surface area contributed by atoms with Crippen LogP contribution < -0.4 is 5.32 Å². The summed E-state index contributed by atoms with van der Waals surface area (Å²) in [4.78, 5) is 37.4. The minimum atomic E-state index is -0.403. The summed E-state index contributed by atoms with van der Waals surface area (Å²) < 4.78 is 0. The number of carbonyl (C=O) groups is 3. The van der Waals surface area contributed by atoms with Crippen molar-refractivity contribution in [1.82, 2.24) is 10.2 Å². The van der Waals surface area contributed by atoms with E-state index in [0.717, 1.165) is 24.2 Å². The number of aryl methyl sites for hydroxylation is 1. The molecule has 0 atom stereocenters. The predicted molar refractivity (Wildman–Crippen MR) is 94.2 cm³/mol. The molecule has 2 aromatic carbocycles. The number of rotatable bonds is 7. The highest BCUT2D eigenvalue weighted by atomic mass is 16.2. The van der Waals surface area contributed by atoms with Gasteiger partial charge < -0.3 is 5.32 Å². The van der Waals surface area contributed by atoms with E-state index in [9.17, 15) is 14.4 Å². The molecule has 0 fully saturated rings. The fourth-order valence-electron chi connectivity index (χ4n) is 2.91. The molecule has 0 bridgehead atoms. The summed E-state index contributed by atoms with van der Waals surface area (Å²) in [5, 5.41) is 2.78. The standard InChI is InChI=1S/C20H20N2O3/c23-18(21-13-7-6-10-15-8-2-1-3-9-15)14-22-19(24)16-11-4-5-12-17(16)20(22)25/h1-5,8-9,11-12H,6-7,10,13-14H2,(H,21,23). The van der Waals surface area contributed by atoms with Gasteiger partial charge in [-0.1, -0.05) is 42.5 Å². The van der Waals surface area contributed by atoms with Crippen molar-refractivity contribution in [2.24, 2.45) is 0 Å². The van der Waals surface area contributed by atoms with E-state index in [-0.39, 0.29) is 12.5 Å². The van der Waals surface area contributed by atoms with Crippen LogP contribution in [0.25, 0.3) is 0 Å². The molecule has 0 radical (unpaired) electrons. The summed E-state index contributed by atoms with van der Waals surface area (Å²) in [6.45, 7) is 0.305. The van der Waals surface area contributed by atoms with Crippen LogP contribution in [-0.2, 0) is 11.2 Å². The molecule has 0 spiro atoms. The van der Waals surface area contributed by atoms with Crippen molar-refractivity contribution in [1.29, 1.82) is 0 Å². The molecule has 3 rings (SSSR count). The number of carbonyl (C=O) groups excluding carboxylic acids is 3. The summed E-state index contributed by atoms with van der Waals surface area (Å²) >= 11 is 0. The average Bonchev–Trinajstić information content (AvgIpc) is 2.88. The molecule has 0 unspecified atom stereocenters. The molecule has 1 heterocycles. The Kier molecular flexibility index (Phi) is 5.23. The van der Waals surface area contributed by atoms with E-state index < -0.39 is 11.8 Å². The molecular formula is C20H20N2O3. The Morgan fingerprint density at radius 1 is 0.840 bits per heavy atom. The van der Waals surface area contributed by atoms with E-state index in [4.69, 9.17) is 0 Å². The maximum absolute atomic E-state index is 12.2. The number of imide groups is 1. The van der Waals surface area contributed by atoms with Crippen LogP contribution in [0.1, 0.15) is 39.1 Å². The van der Waals surface area contributed by atoms with Crippen molar-refractivity contribution >= 4 is 17.7 Å². The number of nitrogens with one attached hydrogen (secondary N) is 1. The Bertz CT molecular complexity index is 752. The van der Waals surface area contributed by atoms with Gasteiger partial charge in [-0.3, -0.25) is 19.3 Å². The van der Waals surface area contributed by atoms with Crippen LogP contribution in [0.5, 0.6) is 0 Å². The Balaban J connectivity index is 1.41. The molecule has 1 aliphatic heterocycles. The van der Waals surface area contributed by atoms with E-state index in [1.165, 1.54) is 5.56 Å². The summed E-state index contributed by atoms with van der Waals surface area (Å²) in [6.07, 6.45) is 2.79. The molecule has 0 aromatic heterocycles. The van der Waals surface area contributed by atoms with Gasteiger partial charge in [0.15, 0.2) is 0 Å². The Hall–Kier alpha value is -2.95. The van der Waals surface area contributed by atoms with Crippen LogP contribution >= 0.6 is 0 Å². The number of amides is 3. The first-order valence-electron chi connectivity index (χ1n) is 8.42. The molecule has 128 valence electrons. The Morgan fingerprint density at radius 3 is 2.08 bits per heavy atom. The number of unbranched alkanes of at least 4 members (excludes halogenated alkanes) is 1. The molecule has 2 aromatic rings. The third kappa shape index (κ3) is 3.94. The monoisotopic (exact) mass is 336 g/mol. The minimum absolute atomic E-state index is 0.231. The zero-order valence-electron chi connectivity index (χ0n) is 13.9. The van der Waals surface area contributed by atoms with Crippen molar-refractivity contribution in [2.75, 3.05) is 13.1 Å². The lowest BCUT2D eigenvalue weighted by molar-refractivity contribution is -0.121. The first kappa shape index (κ1) is 16.9. The maximum atomic E-state index is 12.2. The highest BCUT2D eigenvalue weighted by molar-refractivity contribution is 6.22. The van der Waals surface area contributed by atoms with E-state index in [0.29, 0.717) is 17.7 Å². The van der Waals surface area contributed by atoms with Crippen LogP contribution in [-0.4, -0.2) is 35.7 Å². The van der Waals surface area contributed by atoms with Crippen LogP contribution in [0.3, 0.4) is 0 Å². The smallest absolute Gasteiger partial charge is 0.262 e. The highest BCUT2D eigenvalue weighted by Gasteiger charge is 2.36. The van der Waals surface area contributed by atoms with Gasteiger partial charge in [-0.05, 0) is 37.0 Å². The maximum Gasteiger partial charge on any atom is 0.262 e. The third-order valence-corrected chi connectivity index (χ3v) is 4.24. The quantitative estimate of drug-likeness (QED) is 0.624. The van der Waals surface area contributed by atoms with Crippen molar-refractivity contribution in [3.05, 3.63) is 71.3 Å². The molecule has 5 nitrogen and oxygen atoms in total. The molecular weight excluding hydrogens is 316 g/mol. The lowest BCUT2D eigenvalue weighted by Crippen LogP contribution is -2.40. The Labute approximate surface area is 146 Å². The number of benzene rings is 2. The average molecular weight is 336 g/mol. The molecule has 1 N–H and O–H groups in total. The van der Waals surface area contributed by atoms with Crippen LogP contribution in [0.2, 0.25) is 0 Å². The second kappa shape index (κ2) is 7.75. The van der Waals surface area contributed by atoms with E-state index in [1.807, 2.05) is 18.2 Å². The lowest BCUT2D eigenvalue weighted by Gasteiger charge is -2.13. The largest absolute Gasteiger partial charge is 0.355 e. The fraction of sp³-hybridized carbons (Fsp3) is 0.250. The first-order chi connectivity index (χ1) is 12.2. The number of hydrogen-bond acceptors (Lipinski definition) is 3. The van der Waals surface area contributed by atoms with Crippen LogP contribution in [0, 0.1) is 0 Å². The van der Waals surface area contributed by atoms with E-state index in [2.05, 4.69) is 17.4 Å². The van der Waals surface area contributed by atoms with Gasteiger partial charge in [-0.2, -0.15) is 0 Å². The topological polar surface area (TPSA) is 66.5 Å². The first-order valence-corrected chi connectivity index (χ1v) is 8.42. The van der Waals surface area contributed by atoms with E-state index >= 15 is 0 Å². The zero-order valence-corrected chi connectivity index (χ0v) is 13.9. The molecule has 0 aliphatic carbocycles. The van der Waals surface area contributed by atoms with Gasteiger partial charge in [0.05, 0.1) is 11.1 Å². The van der Waals surface area contributed by atoms with Gasteiger partial charge in [0, 0.05) is 6.54 Å². The van der Waals surface area contributed by atoms with Gasteiger partial charge >= 0.3 is 0 Å². The van der Waals surface area contributed by atoms with Crippen LogP contribution in [0.15, 0.2) is 54.6 Å². The van der Waals surface area contributed by atoms with Gasteiger partial charge in [-0.15, -0.1) is 0 Å². The summed E-state index contributed by atoms with van der Waals surface area (Å²) in [7, 11) is 0. The summed E-state index contributed by atoms with van der Waals surface area (Å²) in [5.41, 5.74) is 2.01. The van der Waals surface area contributed by atoms with Crippen molar-refractivity contribution < 1.29 is 14.4 Å². The number of hydrogen-bond donors (Lipinski definition) is 1. The zero-order chi connectivity index (χ0) is 17.6. The SMILES string of the molecule is O=C(CN1C(=O)c2ccccc2C1=O)NCCCCc1ccccc1. The summed E-state index contributed by atoms with van der Waals surface area (Å²) in [6, 6.07) is 16.8. The number of nitrogens with zero attached hydrogens (tertiary/aromatic N) is 1. The molecule has 0 saturated heterocycles. The van der Waals surface area contributed by atoms with Gasteiger partial charge in [0.1, 0.15) is 6.54 Å². The molecule has 0 saturated carbocycles. The second-order valence-corrected chi connectivity index (χ2v) is 6.03. The second-order valence-electron chi connectivity index (χ2n) is 6.03. The van der Waals surface area contributed by atoms with E-state index in [1.54, 1.807) is 24.3 Å².